The van der Waals surface area contributed by atoms with Gasteiger partial charge in [0.05, 0.1) is 32.8 Å². The summed E-state index contributed by atoms with van der Waals surface area (Å²) in [6.07, 6.45) is 1.63. The van der Waals surface area contributed by atoms with Gasteiger partial charge in [-0.25, -0.2) is 4.79 Å². The topological polar surface area (TPSA) is 54.4 Å². The molecule has 0 spiro atoms. The fourth-order valence-corrected chi connectivity index (χ4v) is 1.66. The Morgan fingerprint density at radius 3 is 2.19 bits per heavy atom. The summed E-state index contributed by atoms with van der Waals surface area (Å²) in [6.45, 7) is 5.52. The lowest BCUT2D eigenvalue weighted by atomic mass is 10.4. The van der Waals surface area contributed by atoms with Gasteiger partial charge in [0, 0.05) is 26.2 Å². The molecule has 0 bridgehead atoms. The number of aliphatic imine (C=N–C) groups is 1. The molecule has 0 unspecified atom stereocenters. The summed E-state index contributed by atoms with van der Waals surface area (Å²) in [6, 6.07) is -0.171. The Balaban J connectivity index is 1.78. The van der Waals surface area contributed by atoms with Gasteiger partial charge in [0.15, 0.2) is 0 Å². The van der Waals surface area contributed by atoms with Crippen molar-refractivity contribution in [2.24, 2.45) is 4.99 Å². The van der Waals surface area contributed by atoms with Gasteiger partial charge >= 0.3 is 6.03 Å². The van der Waals surface area contributed by atoms with Crippen LogP contribution in [0.15, 0.2) is 4.99 Å². The van der Waals surface area contributed by atoms with E-state index in [1.165, 1.54) is 0 Å². The van der Waals surface area contributed by atoms with E-state index >= 15 is 0 Å². The zero-order valence-corrected chi connectivity index (χ0v) is 9.30. The van der Waals surface area contributed by atoms with Crippen molar-refractivity contribution in [2.75, 3.05) is 52.6 Å². The Labute approximate surface area is 94.8 Å². The molecule has 0 aromatic carbocycles. The number of morpholine rings is 2. The van der Waals surface area contributed by atoms with Crippen molar-refractivity contribution in [3.05, 3.63) is 0 Å². The second kappa shape index (κ2) is 5.81. The van der Waals surface area contributed by atoms with Crippen LogP contribution in [-0.2, 0) is 9.47 Å². The molecule has 2 aliphatic rings. The Kier molecular flexibility index (Phi) is 4.12. The monoisotopic (exact) mass is 227 g/mol. The molecule has 0 aromatic heterocycles. The highest BCUT2D eigenvalue weighted by molar-refractivity contribution is 5.83. The zero-order valence-electron chi connectivity index (χ0n) is 9.30. The standard InChI is InChI=1S/C10H17N3O3/c14-10(13-3-7-16-8-4-13)11-9-12-1-5-15-6-2-12/h9H,1-8H2. The molecule has 0 aromatic rings. The maximum Gasteiger partial charge on any atom is 0.345 e. The smallest absolute Gasteiger partial charge is 0.345 e. The fraction of sp³-hybridized carbons (Fsp3) is 0.800. The molecular formula is C10H17N3O3. The van der Waals surface area contributed by atoms with Crippen LogP contribution in [0.5, 0.6) is 0 Å². The lowest BCUT2D eigenvalue weighted by Gasteiger charge is -2.26. The number of amides is 2. The van der Waals surface area contributed by atoms with Crippen LogP contribution in [0.4, 0.5) is 4.79 Å². The second-order valence-electron chi connectivity index (χ2n) is 3.77. The van der Waals surface area contributed by atoms with Gasteiger partial charge in [-0.15, -0.1) is 0 Å². The van der Waals surface area contributed by atoms with Gasteiger partial charge in [-0.1, -0.05) is 0 Å². The van der Waals surface area contributed by atoms with E-state index < -0.39 is 0 Å². The molecule has 2 aliphatic heterocycles. The largest absolute Gasteiger partial charge is 0.378 e. The van der Waals surface area contributed by atoms with Gasteiger partial charge in [0.2, 0.25) is 0 Å². The van der Waals surface area contributed by atoms with E-state index in [2.05, 4.69) is 4.99 Å². The molecule has 2 fully saturated rings. The lowest BCUT2D eigenvalue weighted by molar-refractivity contribution is 0.0551. The predicted molar refractivity (Wildman–Crippen MR) is 58.7 cm³/mol. The first kappa shape index (κ1) is 11.3. The molecule has 16 heavy (non-hydrogen) atoms. The molecule has 2 saturated heterocycles. The van der Waals surface area contributed by atoms with E-state index in [1.54, 1.807) is 11.2 Å². The van der Waals surface area contributed by atoms with Crippen LogP contribution >= 0.6 is 0 Å². The van der Waals surface area contributed by atoms with Crippen LogP contribution in [0.1, 0.15) is 0 Å². The Hall–Kier alpha value is -1.14. The molecule has 0 saturated carbocycles. The minimum atomic E-state index is -0.171. The normalized spacial score (nSPS) is 22.8. The van der Waals surface area contributed by atoms with Crippen molar-refractivity contribution < 1.29 is 14.3 Å². The van der Waals surface area contributed by atoms with E-state index in [1.807, 2.05) is 4.90 Å². The molecule has 2 heterocycles. The molecule has 0 atom stereocenters. The molecule has 0 N–H and O–H groups in total. The van der Waals surface area contributed by atoms with E-state index in [0.717, 1.165) is 13.1 Å². The van der Waals surface area contributed by atoms with Crippen molar-refractivity contribution in [1.29, 1.82) is 0 Å². The number of rotatable bonds is 1. The number of ether oxygens (including phenoxy) is 2. The SMILES string of the molecule is O=C(N=CN1CCOCC1)N1CCOCC1. The summed E-state index contributed by atoms with van der Waals surface area (Å²) in [4.78, 5) is 19.3. The fourth-order valence-electron chi connectivity index (χ4n) is 1.66. The third-order valence-corrected chi connectivity index (χ3v) is 2.66. The van der Waals surface area contributed by atoms with Crippen LogP contribution in [-0.4, -0.2) is 74.8 Å². The maximum atomic E-state index is 11.7. The van der Waals surface area contributed by atoms with Gasteiger partial charge in [-0.05, 0) is 0 Å². The van der Waals surface area contributed by atoms with E-state index in [-0.39, 0.29) is 6.03 Å². The first-order chi connectivity index (χ1) is 7.86. The molecule has 90 valence electrons. The Bertz CT molecular complexity index is 258. The number of hydrogen-bond acceptors (Lipinski definition) is 3. The van der Waals surface area contributed by atoms with E-state index in [4.69, 9.17) is 9.47 Å². The van der Waals surface area contributed by atoms with Crippen LogP contribution in [0.3, 0.4) is 0 Å². The number of hydrogen-bond donors (Lipinski definition) is 0. The second-order valence-corrected chi connectivity index (χ2v) is 3.77. The number of urea groups is 1. The Morgan fingerprint density at radius 1 is 1.00 bits per heavy atom. The highest BCUT2D eigenvalue weighted by Gasteiger charge is 2.15. The van der Waals surface area contributed by atoms with Crippen LogP contribution in [0, 0.1) is 0 Å². The van der Waals surface area contributed by atoms with Gasteiger partial charge in [-0.2, -0.15) is 4.99 Å². The quantitative estimate of drug-likeness (QED) is 0.460. The summed E-state index contributed by atoms with van der Waals surface area (Å²) < 4.78 is 10.4. The zero-order chi connectivity index (χ0) is 11.2. The van der Waals surface area contributed by atoms with Gasteiger partial charge < -0.3 is 19.3 Å². The van der Waals surface area contributed by atoms with Gasteiger partial charge in [0.1, 0.15) is 0 Å². The third-order valence-electron chi connectivity index (χ3n) is 2.66. The molecule has 0 radical (unpaired) electrons. The maximum absolute atomic E-state index is 11.7. The summed E-state index contributed by atoms with van der Waals surface area (Å²) in [5.74, 6) is 0. The van der Waals surface area contributed by atoms with Crippen LogP contribution in [0.25, 0.3) is 0 Å². The minimum Gasteiger partial charge on any atom is -0.378 e. The summed E-state index contributed by atoms with van der Waals surface area (Å²) in [5, 5.41) is 0. The number of carbonyl (C=O) groups excluding carboxylic acids is 1. The average Bonchev–Trinajstić information content (AvgIpc) is 2.38. The van der Waals surface area contributed by atoms with Crippen molar-refractivity contribution >= 4 is 12.4 Å². The number of carbonyl (C=O) groups is 1. The first-order valence-corrected chi connectivity index (χ1v) is 5.59. The summed E-state index contributed by atoms with van der Waals surface area (Å²) in [7, 11) is 0. The number of nitrogens with zero attached hydrogens (tertiary/aromatic N) is 3. The molecule has 2 amide bonds. The Morgan fingerprint density at radius 2 is 1.56 bits per heavy atom. The molecule has 6 nitrogen and oxygen atoms in total. The van der Waals surface area contributed by atoms with Crippen molar-refractivity contribution in [3.63, 3.8) is 0 Å². The third kappa shape index (κ3) is 3.18. The van der Waals surface area contributed by atoms with Crippen molar-refractivity contribution in [1.82, 2.24) is 9.80 Å². The average molecular weight is 227 g/mol. The molecule has 2 rings (SSSR count). The first-order valence-electron chi connectivity index (χ1n) is 5.59. The summed E-state index contributed by atoms with van der Waals surface area (Å²) in [5.41, 5.74) is 0. The molecule has 6 heteroatoms. The van der Waals surface area contributed by atoms with Crippen molar-refractivity contribution in [3.8, 4) is 0 Å². The van der Waals surface area contributed by atoms with E-state index in [9.17, 15) is 4.79 Å². The molecule has 0 aliphatic carbocycles. The van der Waals surface area contributed by atoms with E-state index in [0.29, 0.717) is 39.5 Å². The predicted octanol–water partition coefficient (Wildman–Crippen LogP) is -0.201. The van der Waals surface area contributed by atoms with Crippen molar-refractivity contribution in [2.45, 2.75) is 0 Å². The summed E-state index contributed by atoms with van der Waals surface area (Å²) >= 11 is 0. The van der Waals surface area contributed by atoms with Crippen LogP contribution in [0.2, 0.25) is 0 Å². The molecular weight excluding hydrogens is 210 g/mol. The minimum absolute atomic E-state index is 0.171. The van der Waals surface area contributed by atoms with Gasteiger partial charge in [0.25, 0.3) is 0 Å². The van der Waals surface area contributed by atoms with Crippen LogP contribution < -0.4 is 0 Å². The van der Waals surface area contributed by atoms with Gasteiger partial charge in [-0.3, -0.25) is 0 Å². The lowest BCUT2D eigenvalue weighted by Crippen LogP contribution is -2.40. The highest BCUT2D eigenvalue weighted by Crippen LogP contribution is 2.00. The highest BCUT2D eigenvalue weighted by atomic mass is 16.5.